The van der Waals surface area contributed by atoms with Crippen LogP contribution in [-0.4, -0.2) is 33.2 Å². The predicted octanol–water partition coefficient (Wildman–Crippen LogP) is 3.17. The molecule has 0 bridgehead atoms. The van der Waals surface area contributed by atoms with E-state index in [0.717, 1.165) is 20.8 Å². The molecule has 0 heterocycles. The van der Waals surface area contributed by atoms with Crippen molar-refractivity contribution < 1.29 is 51.4 Å². The Hall–Kier alpha value is -1.53. The minimum absolute atomic E-state index is 0. The first-order valence-corrected chi connectivity index (χ1v) is 7.32. The van der Waals surface area contributed by atoms with Gasteiger partial charge in [0.05, 0.1) is 0 Å². The summed E-state index contributed by atoms with van der Waals surface area (Å²) in [5.41, 5.74) is 6.37. The van der Waals surface area contributed by atoms with Gasteiger partial charge in [-0.25, -0.2) is 0 Å². The second-order valence-corrected chi connectivity index (χ2v) is 5.23. The Labute approximate surface area is 158 Å². The van der Waals surface area contributed by atoms with Crippen molar-refractivity contribution in [1.29, 1.82) is 0 Å². The van der Waals surface area contributed by atoms with Crippen LogP contribution in [0, 0.1) is 13.8 Å². The van der Waals surface area contributed by atoms with Crippen molar-refractivity contribution in [2.75, 3.05) is 0 Å². The van der Waals surface area contributed by atoms with Crippen LogP contribution < -0.4 is 0 Å². The molecule has 136 valence electrons. The molecule has 0 atom stereocenters. The van der Waals surface area contributed by atoms with E-state index in [9.17, 15) is 0 Å². The smallest absolute Gasteiger partial charge is 0.300 e. The zero-order valence-electron chi connectivity index (χ0n) is 15.0. The molecule has 7 heteroatoms. The van der Waals surface area contributed by atoms with Gasteiger partial charge in [-0.3, -0.25) is 14.4 Å². The SMILES string of the molecule is CC(=O)O.CC(=O)O.CC(=O)O.Cc1c[c-](C)c2c1CCCC2.[Ti]. The summed E-state index contributed by atoms with van der Waals surface area (Å²) < 4.78 is 0. The van der Waals surface area contributed by atoms with Gasteiger partial charge < -0.3 is 15.3 Å². The van der Waals surface area contributed by atoms with Crippen molar-refractivity contribution in [2.24, 2.45) is 0 Å². The quantitative estimate of drug-likeness (QED) is 0.474. The first-order valence-electron chi connectivity index (χ1n) is 7.32. The zero-order chi connectivity index (χ0) is 18.6. The summed E-state index contributed by atoms with van der Waals surface area (Å²) in [7, 11) is 0. The maximum atomic E-state index is 9.00. The van der Waals surface area contributed by atoms with Gasteiger partial charge in [-0.2, -0.15) is 28.3 Å². The van der Waals surface area contributed by atoms with Crippen molar-refractivity contribution in [1.82, 2.24) is 0 Å². The molecule has 2 rings (SSSR count). The number of carboxylic acids is 3. The molecule has 1 aromatic rings. The summed E-state index contributed by atoms with van der Waals surface area (Å²) >= 11 is 0. The molecule has 0 amide bonds. The van der Waals surface area contributed by atoms with E-state index in [4.69, 9.17) is 29.7 Å². The predicted molar refractivity (Wildman–Crippen MR) is 88.1 cm³/mol. The maximum Gasteiger partial charge on any atom is 0.300 e. The molecule has 1 aliphatic carbocycles. The van der Waals surface area contributed by atoms with Gasteiger partial charge in [0.25, 0.3) is 17.9 Å². The molecule has 3 N–H and O–H groups in total. The number of hydrogen-bond acceptors (Lipinski definition) is 3. The van der Waals surface area contributed by atoms with Crippen LogP contribution in [0.4, 0.5) is 0 Å². The molecular formula is C17H27O6Ti-. The summed E-state index contributed by atoms with van der Waals surface area (Å²) in [5, 5.41) is 22.2. The Balaban J connectivity index is -0.000000288. The van der Waals surface area contributed by atoms with Crippen LogP contribution in [0.2, 0.25) is 0 Å². The summed E-state index contributed by atoms with van der Waals surface area (Å²) in [6, 6.07) is 2.34. The molecule has 0 aromatic heterocycles. The number of aryl methyl sites for hydroxylation is 2. The fourth-order valence-corrected chi connectivity index (χ4v) is 2.27. The Morgan fingerprint density at radius 3 is 1.58 bits per heavy atom. The number of hydrogen-bond donors (Lipinski definition) is 3. The van der Waals surface area contributed by atoms with Gasteiger partial charge in [0.2, 0.25) is 0 Å². The molecular weight excluding hydrogens is 348 g/mol. The summed E-state index contributed by atoms with van der Waals surface area (Å²) in [4.78, 5) is 27.0. The molecule has 0 unspecified atom stereocenters. The molecule has 24 heavy (non-hydrogen) atoms. The van der Waals surface area contributed by atoms with Crippen LogP contribution >= 0.6 is 0 Å². The Bertz CT molecular complexity index is 452. The first-order chi connectivity index (χ1) is 10.5. The molecule has 0 saturated carbocycles. The average molecular weight is 375 g/mol. The Kier molecular flexibility index (Phi) is 17.1. The molecule has 0 fully saturated rings. The van der Waals surface area contributed by atoms with Crippen LogP contribution in [0.25, 0.3) is 0 Å². The number of rotatable bonds is 0. The normalized spacial score (nSPS) is 10.7. The maximum absolute atomic E-state index is 9.00. The summed E-state index contributed by atoms with van der Waals surface area (Å²) in [6.07, 6.45) is 5.46. The first kappa shape index (κ1) is 27.3. The molecule has 1 aromatic carbocycles. The molecule has 0 saturated heterocycles. The second kappa shape index (κ2) is 15.0. The molecule has 1 aliphatic rings. The summed E-state index contributed by atoms with van der Waals surface area (Å²) in [6.45, 7) is 7.74. The molecule has 0 spiro atoms. The topological polar surface area (TPSA) is 112 Å². The van der Waals surface area contributed by atoms with Crippen LogP contribution in [0.1, 0.15) is 55.9 Å². The van der Waals surface area contributed by atoms with Crippen molar-refractivity contribution in [3.63, 3.8) is 0 Å². The average Bonchev–Trinajstić information content (AvgIpc) is 2.64. The minimum atomic E-state index is -0.833. The van der Waals surface area contributed by atoms with Gasteiger partial charge in [0, 0.05) is 42.5 Å². The van der Waals surface area contributed by atoms with Crippen molar-refractivity contribution in [3.05, 3.63) is 28.3 Å². The van der Waals surface area contributed by atoms with Crippen molar-refractivity contribution >= 4 is 17.9 Å². The van der Waals surface area contributed by atoms with E-state index in [1.807, 2.05) is 0 Å². The van der Waals surface area contributed by atoms with E-state index in [-0.39, 0.29) is 21.7 Å². The van der Waals surface area contributed by atoms with E-state index < -0.39 is 17.9 Å². The van der Waals surface area contributed by atoms with Gasteiger partial charge in [-0.05, 0) is 0 Å². The largest absolute Gasteiger partial charge is 0.481 e. The minimum Gasteiger partial charge on any atom is -0.481 e. The third kappa shape index (κ3) is 16.8. The number of carboxylic acid groups (broad SMARTS) is 3. The monoisotopic (exact) mass is 375 g/mol. The third-order valence-electron chi connectivity index (χ3n) is 2.85. The van der Waals surface area contributed by atoms with Crippen LogP contribution in [0.15, 0.2) is 6.07 Å². The van der Waals surface area contributed by atoms with Gasteiger partial charge in [-0.15, -0.1) is 0 Å². The van der Waals surface area contributed by atoms with Crippen LogP contribution in [-0.2, 0) is 48.9 Å². The van der Waals surface area contributed by atoms with E-state index in [2.05, 4.69) is 19.9 Å². The van der Waals surface area contributed by atoms with E-state index >= 15 is 0 Å². The van der Waals surface area contributed by atoms with E-state index in [1.165, 1.54) is 36.8 Å². The van der Waals surface area contributed by atoms with Gasteiger partial charge >= 0.3 is 0 Å². The number of fused-ring (bicyclic) bond motifs is 1. The fraction of sp³-hybridized carbons (Fsp3) is 0.529. The molecule has 6 nitrogen and oxygen atoms in total. The standard InChI is InChI=1S/C11H15.3C2H4O2.Ti/c1-8-7-9(2)11-6-4-3-5-10(8)11;3*1-2(3)4;/h7H,3-6H2,1-2H3;3*1H3,(H,3,4);/q-1;;;;. The van der Waals surface area contributed by atoms with Gasteiger partial charge in [-0.1, -0.05) is 39.5 Å². The van der Waals surface area contributed by atoms with Gasteiger partial charge in [0.15, 0.2) is 0 Å². The van der Waals surface area contributed by atoms with Crippen LogP contribution in [0.5, 0.6) is 0 Å². The summed E-state index contributed by atoms with van der Waals surface area (Å²) in [5.74, 6) is -2.50. The Morgan fingerprint density at radius 2 is 1.25 bits per heavy atom. The fourth-order valence-electron chi connectivity index (χ4n) is 2.27. The van der Waals surface area contributed by atoms with Crippen molar-refractivity contribution in [3.8, 4) is 0 Å². The third-order valence-corrected chi connectivity index (χ3v) is 2.85. The van der Waals surface area contributed by atoms with Crippen LogP contribution in [0.3, 0.4) is 0 Å². The van der Waals surface area contributed by atoms with E-state index in [1.54, 1.807) is 11.1 Å². The second-order valence-electron chi connectivity index (χ2n) is 5.23. The van der Waals surface area contributed by atoms with E-state index in [0.29, 0.717) is 0 Å². The van der Waals surface area contributed by atoms with Crippen molar-refractivity contribution in [2.45, 2.75) is 60.3 Å². The molecule has 0 aliphatic heterocycles. The number of aliphatic carboxylic acids is 3. The number of carbonyl (C=O) groups is 3. The van der Waals surface area contributed by atoms with Gasteiger partial charge in [0.1, 0.15) is 0 Å². The Morgan fingerprint density at radius 1 is 0.917 bits per heavy atom. The zero-order valence-corrected chi connectivity index (χ0v) is 16.5. The molecule has 0 radical (unpaired) electrons.